The minimum Gasteiger partial charge on any atom is -0.310 e. The number of rotatable bonds is 3. The van der Waals surface area contributed by atoms with Gasteiger partial charge in [0.2, 0.25) is 0 Å². The van der Waals surface area contributed by atoms with Crippen LogP contribution in [0.1, 0.15) is 50.8 Å². The number of hydrogen-bond donors (Lipinski definition) is 1. The van der Waals surface area contributed by atoms with Gasteiger partial charge in [-0.25, -0.2) is 0 Å². The van der Waals surface area contributed by atoms with E-state index in [0.29, 0.717) is 11.5 Å². The third-order valence-corrected chi connectivity index (χ3v) is 4.85. The van der Waals surface area contributed by atoms with E-state index in [1.54, 1.807) is 0 Å². The molecule has 0 amide bonds. The molecule has 1 saturated carbocycles. The molecule has 0 bridgehead atoms. The maximum absolute atomic E-state index is 4.62. The molecule has 1 aliphatic carbocycles. The first kappa shape index (κ1) is 14.5. The average molecular weight is 282 g/mol. The van der Waals surface area contributed by atoms with Gasteiger partial charge in [0.25, 0.3) is 0 Å². The number of fused-ring (bicyclic) bond motifs is 1. The molecule has 3 rings (SSSR count). The normalized spacial score (nSPS) is 19.0. The molecule has 1 aromatic carbocycles. The summed E-state index contributed by atoms with van der Waals surface area (Å²) in [5.74, 6) is 0. The molecule has 1 heterocycles. The predicted molar refractivity (Wildman–Crippen MR) is 89.4 cm³/mol. The second-order valence-electron chi connectivity index (χ2n) is 7.26. The van der Waals surface area contributed by atoms with Gasteiger partial charge in [0, 0.05) is 23.7 Å². The minimum absolute atomic E-state index is 0.540. The van der Waals surface area contributed by atoms with Crippen molar-refractivity contribution in [3.05, 3.63) is 41.6 Å². The predicted octanol–water partition coefficient (Wildman–Crippen LogP) is 4.60. The van der Waals surface area contributed by atoms with Gasteiger partial charge in [-0.05, 0) is 55.7 Å². The van der Waals surface area contributed by atoms with Gasteiger partial charge in [-0.2, -0.15) is 0 Å². The summed E-state index contributed by atoms with van der Waals surface area (Å²) in [6.45, 7) is 7.82. The first-order valence-electron chi connectivity index (χ1n) is 8.12. The van der Waals surface area contributed by atoms with Crippen LogP contribution in [-0.4, -0.2) is 11.0 Å². The number of aromatic nitrogens is 1. The topological polar surface area (TPSA) is 24.9 Å². The quantitative estimate of drug-likeness (QED) is 0.889. The molecule has 0 radical (unpaired) electrons. The smallest absolute Gasteiger partial charge is 0.0708 e. The molecule has 1 N–H and O–H groups in total. The van der Waals surface area contributed by atoms with E-state index < -0.39 is 0 Å². The lowest BCUT2D eigenvalue weighted by Gasteiger charge is -2.34. The molecule has 2 nitrogen and oxygen atoms in total. The molecular weight excluding hydrogens is 256 g/mol. The molecule has 1 aliphatic rings. The van der Waals surface area contributed by atoms with Crippen LogP contribution in [0, 0.1) is 12.3 Å². The summed E-state index contributed by atoms with van der Waals surface area (Å²) in [5, 5.41) is 5.05. The zero-order chi connectivity index (χ0) is 14.9. The lowest BCUT2D eigenvalue weighted by Crippen LogP contribution is -2.35. The molecule has 2 aromatic rings. The number of hydrogen-bond acceptors (Lipinski definition) is 2. The van der Waals surface area contributed by atoms with E-state index in [9.17, 15) is 0 Å². The molecule has 2 heteroatoms. The minimum atomic E-state index is 0.540. The van der Waals surface area contributed by atoms with Crippen LogP contribution in [-0.2, 0) is 6.54 Å². The van der Waals surface area contributed by atoms with Crippen LogP contribution in [0.3, 0.4) is 0 Å². The molecule has 0 aliphatic heterocycles. The van der Waals surface area contributed by atoms with Crippen LogP contribution in [0.4, 0.5) is 0 Å². The molecule has 1 fully saturated rings. The zero-order valence-corrected chi connectivity index (χ0v) is 13.4. The lowest BCUT2D eigenvalue weighted by atomic mass is 9.75. The summed E-state index contributed by atoms with van der Waals surface area (Å²) in [7, 11) is 0. The highest BCUT2D eigenvalue weighted by Crippen LogP contribution is 2.35. The molecule has 0 spiro atoms. The summed E-state index contributed by atoms with van der Waals surface area (Å²) in [6.07, 6.45) is 5.27. The van der Waals surface area contributed by atoms with E-state index in [-0.39, 0.29) is 0 Å². The van der Waals surface area contributed by atoms with Crippen molar-refractivity contribution in [1.82, 2.24) is 10.3 Å². The monoisotopic (exact) mass is 282 g/mol. The molecule has 1 aromatic heterocycles. The van der Waals surface area contributed by atoms with Crippen LogP contribution in [0.2, 0.25) is 0 Å². The van der Waals surface area contributed by atoms with Crippen molar-refractivity contribution in [2.24, 2.45) is 5.41 Å². The highest BCUT2D eigenvalue weighted by atomic mass is 14.9. The van der Waals surface area contributed by atoms with Crippen molar-refractivity contribution in [3.63, 3.8) is 0 Å². The van der Waals surface area contributed by atoms with E-state index in [0.717, 1.165) is 17.8 Å². The number of nitrogens with one attached hydrogen (secondary N) is 1. The Hall–Kier alpha value is -1.41. The van der Waals surface area contributed by atoms with E-state index in [4.69, 9.17) is 0 Å². The number of nitrogens with zero attached hydrogens (tertiary/aromatic N) is 1. The van der Waals surface area contributed by atoms with Gasteiger partial charge >= 0.3 is 0 Å². The Morgan fingerprint density at radius 2 is 1.90 bits per heavy atom. The standard InChI is InChI=1S/C19H26N2/c1-14-12-15(17-6-4-5-7-18(17)21-14)13-20-16-8-10-19(2,3)11-9-16/h4-7,12,16,20H,8-11,13H2,1-3H3. The molecule has 0 unspecified atom stereocenters. The van der Waals surface area contributed by atoms with Gasteiger partial charge in [0.15, 0.2) is 0 Å². The maximum Gasteiger partial charge on any atom is 0.0708 e. The van der Waals surface area contributed by atoms with Crippen LogP contribution in [0.5, 0.6) is 0 Å². The van der Waals surface area contributed by atoms with Crippen molar-refractivity contribution in [2.45, 2.75) is 59.0 Å². The fraction of sp³-hybridized carbons (Fsp3) is 0.526. The SMILES string of the molecule is Cc1cc(CNC2CCC(C)(C)CC2)c2ccccc2n1. The maximum atomic E-state index is 4.62. The van der Waals surface area contributed by atoms with Gasteiger partial charge in [-0.15, -0.1) is 0 Å². The molecule has 0 saturated heterocycles. The Morgan fingerprint density at radius 1 is 1.19 bits per heavy atom. The van der Waals surface area contributed by atoms with E-state index in [2.05, 4.69) is 61.4 Å². The Kier molecular flexibility index (Phi) is 3.99. The number of aryl methyl sites for hydroxylation is 1. The van der Waals surface area contributed by atoms with E-state index in [1.165, 1.54) is 36.6 Å². The Bertz CT molecular complexity index is 620. The van der Waals surface area contributed by atoms with Gasteiger partial charge in [-0.3, -0.25) is 4.98 Å². The third-order valence-electron chi connectivity index (χ3n) is 4.85. The van der Waals surface area contributed by atoms with Crippen LogP contribution in [0.15, 0.2) is 30.3 Å². The third kappa shape index (κ3) is 3.44. The number of para-hydroxylation sites is 1. The molecule has 21 heavy (non-hydrogen) atoms. The fourth-order valence-corrected chi connectivity index (χ4v) is 3.40. The van der Waals surface area contributed by atoms with Gasteiger partial charge in [-0.1, -0.05) is 32.0 Å². The van der Waals surface area contributed by atoms with Crippen molar-refractivity contribution in [2.75, 3.05) is 0 Å². The van der Waals surface area contributed by atoms with Crippen molar-refractivity contribution >= 4 is 10.9 Å². The Labute approximate surface area is 128 Å². The van der Waals surface area contributed by atoms with Crippen LogP contribution >= 0.6 is 0 Å². The van der Waals surface area contributed by atoms with Crippen molar-refractivity contribution in [3.8, 4) is 0 Å². The van der Waals surface area contributed by atoms with E-state index >= 15 is 0 Å². The summed E-state index contributed by atoms with van der Waals surface area (Å²) < 4.78 is 0. The molecule has 112 valence electrons. The van der Waals surface area contributed by atoms with Gasteiger partial charge in [0.05, 0.1) is 5.52 Å². The lowest BCUT2D eigenvalue weighted by molar-refractivity contribution is 0.206. The van der Waals surface area contributed by atoms with Gasteiger partial charge < -0.3 is 5.32 Å². The highest BCUT2D eigenvalue weighted by molar-refractivity contribution is 5.82. The van der Waals surface area contributed by atoms with Gasteiger partial charge in [0.1, 0.15) is 0 Å². The highest BCUT2D eigenvalue weighted by Gasteiger charge is 2.26. The average Bonchev–Trinajstić information content (AvgIpc) is 2.45. The first-order chi connectivity index (χ1) is 10.0. The van der Waals surface area contributed by atoms with Crippen molar-refractivity contribution < 1.29 is 0 Å². The fourth-order valence-electron chi connectivity index (χ4n) is 3.40. The molecule has 0 atom stereocenters. The summed E-state index contributed by atoms with van der Waals surface area (Å²) in [4.78, 5) is 4.62. The summed E-state index contributed by atoms with van der Waals surface area (Å²) >= 11 is 0. The van der Waals surface area contributed by atoms with Crippen molar-refractivity contribution in [1.29, 1.82) is 0 Å². The summed E-state index contributed by atoms with van der Waals surface area (Å²) in [5.41, 5.74) is 4.13. The van der Waals surface area contributed by atoms with Crippen LogP contribution < -0.4 is 5.32 Å². The first-order valence-corrected chi connectivity index (χ1v) is 8.12. The Morgan fingerprint density at radius 3 is 2.67 bits per heavy atom. The largest absolute Gasteiger partial charge is 0.310 e. The van der Waals surface area contributed by atoms with Crippen LogP contribution in [0.25, 0.3) is 10.9 Å². The second-order valence-corrected chi connectivity index (χ2v) is 7.26. The Balaban J connectivity index is 1.71. The zero-order valence-electron chi connectivity index (χ0n) is 13.4. The molecular formula is C19H26N2. The second kappa shape index (κ2) is 5.76. The number of pyridine rings is 1. The summed E-state index contributed by atoms with van der Waals surface area (Å²) in [6, 6.07) is 11.4. The number of benzene rings is 1. The van der Waals surface area contributed by atoms with E-state index in [1.807, 2.05) is 0 Å².